The highest BCUT2D eigenvalue weighted by Crippen LogP contribution is 2.39. The highest BCUT2D eigenvalue weighted by atomic mass is 16.5. The maximum Gasteiger partial charge on any atom is 0.316 e. The molecule has 0 saturated heterocycles. The first-order valence-electron chi connectivity index (χ1n) is 14.6. The SMILES string of the molecule is COc1ncc(-c2cccc(N(CC3CCC(c4ccc(OC)c(C)c4)CC3)C(=O)C3CCC(O)CC3)c2)cn1. The van der Waals surface area contributed by atoms with E-state index < -0.39 is 0 Å². The van der Waals surface area contributed by atoms with Crippen LogP contribution >= 0.6 is 0 Å². The number of aliphatic hydroxyl groups is 1. The normalized spacial score (nSPS) is 22.9. The number of anilines is 1. The number of rotatable bonds is 8. The highest BCUT2D eigenvalue weighted by molar-refractivity contribution is 5.95. The summed E-state index contributed by atoms with van der Waals surface area (Å²) in [5.74, 6) is 2.06. The molecule has 1 aromatic heterocycles. The van der Waals surface area contributed by atoms with Crippen molar-refractivity contribution in [3.05, 3.63) is 66.0 Å². The monoisotopic (exact) mass is 543 g/mol. The van der Waals surface area contributed by atoms with Crippen LogP contribution in [-0.4, -0.2) is 47.8 Å². The molecule has 0 aliphatic heterocycles. The van der Waals surface area contributed by atoms with Crippen molar-refractivity contribution >= 4 is 11.6 Å². The van der Waals surface area contributed by atoms with Gasteiger partial charge in [-0.2, -0.15) is 0 Å². The van der Waals surface area contributed by atoms with E-state index in [1.807, 2.05) is 23.1 Å². The van der Waals surface area contributed by atoms with Crippen molar-refractivity contribution < 1.29 is 19.4 Å². The van der Waals surface area contributed by atoms with Crippen LogP contribution in [0.4, 0.5) is 5.69 Å². The van der Waals surface area contributed by atoms with Crippen molar-refractivity contribution in [3.8, 4) is 22.9 Å². The van der Waals surface area contributed by atoms with Crippen molar-refractivity contribution in [3.63, 3.8) is 0 Å². The lowest BCUT2D eigenvalue weighted by atomic mass is 9.78. The first kappa shape index (κ1) is 28.1. The van der Waals surface area contributed by atoms with Crippen molar-refractivity contribution in [2.75, 3.05) is 25.7 Å². The molecular formula is C33H41N3O4. The summed E-state index contributed by atoms with van der Waals surface area (Å²) in [4.78, 5) is 24.5. The smallest absolute Gasteiger partial charge is 0.316 e. The third-order valence-corrected chi connectivity index (χ3v) is 8.79. The van der Waals surface area contributed by atoms with Crippen molar-refractivity contribution in [1.82, 2.24) is 9.97 Å². The maximum atomic E-state index is 14.0. The Morgan fingerprint density at radius 1 is 0.900 bits per heavy atom. The summed E-state index contributed by atoms with van der Waals surface area (Å²) in [6, 6.07) is 15.0. The summed E-state index contributed by atoms with van der Waals surface area (Å²) >= 11 is 0. The molecule has 0 spiro atoms. The number of aromatic nitrogens is 2. The molecule has 3 aromatic rings. The second kappa shape index (κ2) is 12.8. The van der Waals surface area contributed by atoms with E-state index in [0.717, 1.165) is 67.6 Å². The molecule has 2 fully saturated rings. The molecular weight excluding hydrogens is 502 g/mol. The Hall–Kier alpha value is -3.45. The number of carbonyl (C=O) groups excluding carboxylic acids is 1. The Balaban J connectivity index is 1.33. The first-order valence-corrected chi connectivity index (χ1v) is 14.6. The van der Waals surface area contributed by atoms with Gasteiger partial charge in [0.05, 0.1) is 20.3 Å². The largest absolute Gasteiger partial charge is 0.496 e. The summed E-state index contributed by atoms with van der Waals surface area (Å²) in [7, 11) is 3.27. The molecule has 2 aliphatic rings. The number of methoxy groups -OCH3 is 2. The number of nitrogens with zero attached hydrogens (tertiary/aromatic N) is 3. The summed E-state index contributed by atoms with van der Waals surface area (Å²) in [6.45, 7) is 2.82. The van der Waals surface area contributed by atoms with Gasteiger partial charge in [0, 0.05) is 36.1 Å². The molecule has 2 aliphatic carbocycles. The second-order valence-electron chi connectivity index (χ2n) is 11.4. The van der Waals surface area contributed by atoms with Crippen LogP contribution in [0.5, 0.6) is 11.8 Å². The lowest BCUT2D eigenvalue weighted by molar-refractivity contribution is -0.124. The van der Waals surface area contributed by atoms with Crippen LogP contribution in [0.15, 0.2) is 54.9 Å². The number of ether oxygens (including phenoxy) is 2. The molecule has 5 rings (SSSR count). The zero-order chi connectivity index (χ0) is 28.1. The molecule has 1 heterocycles. The first-order chi connectivity index (χ1) is 19.4. The van der Waals surface area contributed by atoms with Gasteiger partial charge < -0.3 is 19.5 Å². The van der Waals surface area contributed by atoms with Crippen LogP contribution < -0.4 is 14.4 Å². The fourth-order valence-electron chi connectivity index (χ4n) is 6.38. The van der Waals surface area contributed by atoms with E-state index in [1.165, 1.54) is 11.1 Å². The second-order valence-corrected chi connectivity index (χ2v) is 11.4. The van der Waals surface area contributed by atoms with E-state index in [4.69, 9.17) is 9.47 Å². The summed E-state index contributed by atoms with van der Waals surface area (Å²) < 4.78 is 10.6. The molecule has 7 nitrogen and oxygen atoms in total. The van der Waals surface area contributed by atoms with Gasteiger partial charge >= 0.3 is 6.01 Å². The fraction of sp³-hybridized carbons (Fsp3) is 0.485. The van der Waals surface area contributed by atoms with E-state index >= 15 is 0 Å². The number of aliphatic hydroxyl groups excluding tert-OH is 1. The lowest BCUT2D eigenvalue weighted by Gasteiger charge is -2.36. The predicted octanol–water partition coefficient (Wildman–Crippen LogP) is 6.33. The minimum absolute atomic E-state index is 0.0463. The van der Waals surface area contributed by atoms with Crippen LogP contribution in [0, 0.1) is 18.8 Å². The Morgan fingerprint density at radius 2 is 1.62 bits per heavy atom. The summed E-state index contributed by atoms with van der Waals surface area (Å²) in [6.07, 6.45) is 10.5. The van der Waals surface area contributed by atoms with Crippen LogP contribution in [-0.2, 0) is 4.79 Å². The van der Waals surface area contributed by atoms with Gasteiger partial charge in [-0.25, -0.2) is 9.97 Å². The van der Waals surface area contributed by atoms with Gasteiger partial charge in [0.1, 0.15) is 5.75 Å². The number of amides is 1. The van der Waals surface area contributed by atoms with Gasteiger partial charge in [0.15, 0.2) is 0 Å². The minimum atomic E-state index is -0.284. The fourth-order valence-corrected chi connectivity index (χ4v) is 6.38. The van der Waals surface area contributed by atoms with Crippen molar-refractivity contribution in [2.45, 2.75) is 70.3 Å². The zero-order valence-corrected chi connectivity index (χ0v) is 23.9. The number of benzene rings is 2. The molecule has 1 N–H and O–H groups in total. The lowest BCUT2D eigenvalue weighted by Crippen LogP contribution is -2.41. The molecule has 40 heavy (non-hydrogen) atoms. The minimum Gasteiger partial charge on any atom is -0.496 e. The molecule has 7 heteroatoms. The predicted molar refractivity (Wildman–Crippen MR) is 157 cm³/mol. The summed E-state index contributed by atoms with van der Waals surface area (Å²) in [5.41, 5.74) is 5.33. The zero-order valence-electron chi connectivity index (χ0n) is 23.9. The third kappa shape index (κ3) is 6.47. The van der Waals surface area contributed by atoms with E-state index in [1.54, 1.807) is 26.6 Å². The Kier molecular flexibility index (Phi) is 9.00. The third-order valence-electron chi connectivity index (χ3n) is 8.79. The van der Waals surface area contributed by atoms with E-state index in [9.17, 15) is 9.90 Å². The average molecular weight is 544 g/mol. The summed E-state index contributed by atoms with van der Waals surface area (Å²) in [5, 5.41) is 10.0. The van der Waals surface area contributed by atoms with Gasteiger partial charge in [0.25, 0.3) is 0 Å². The van der Waals surface area contributed by atoms with Crippen molar-refractivity contribution in [1.29, 1.82) is 0 Å². The van der Waals surface area contributed by atoms with Gasteiger partial charge in [-0.1, -0.05) is 24.3 Å². The molecule has 2 aromatic carbocycles. The van der Waals surface area contributed by atoms with Crippen molar-refractivity contribution in [2.24, 2.45) is 11.8 Å². The molecule has 0 atom stereocenters. The molecule has 0 radical (unpaired) electrons. The van der Waals surface area contributed by atoms with Gasteiger partial charge in [0.2, 0.25) is 5.91 Å². The highest BCUT2D eigenvalue weighted by Gasteiger charge is 2.32. The Bertz CT molecular complexity index is 1280. The molecule has 212 valence electrons. The molecule has 1 amide bonds. The van der Waals surface area contributed by atoms with Crippen LogP contribution in [0.2, 0.25) is 0 Å². The van der Waals surface area contributed by atoms with E-state index in [-0.39, 0.29) is 17.9 Å². The number of aryl methyl sites for hydroxylation is 1. The van der Waals surface area contributed by atoms with Crippen LogP contribution in [0.1, 0.15) is 68.4 Å². The number of hydrogen-bond donors (Lipinski definition) is 1. The van der Waals surface area contributed by atoms with Gasteiger partial charge in [-0.15, -0.1) is 0 Å². The molecule has 2 saturated carbocycles. The Morgan fingerprint density at radius 3 is 2.27 bits per heavy atom. The number of hydrogen-bond acceptors (Lipinski definition) is 6. The van der Waals surface area contributed by atoms with Crippen LogP contribution in [0.25, 0.3) is 11.1 Å². The molecule has 0 unspecified atom stereocenters. The molecule has 0 bridgehead atoms. The van der Waals surface area contributed by atoms with Gasteiger partial charge in [-0.3, -0.25) is 4.79 Å². The van der Waals surface area contributed by atoms with E-state index in [2.05, 4.69) is 41.2 Å². The quantitative estimate of drug-likeness (QED) is 0.358. The van der Waals surface area contributed by atoms with E-state index in [0.29, 0.717) is 30.7 Å². The van der Waals surface area contributed by atoms with Gasteiger partial charge in [-0.05, 0) is 105 Å². The topological polar surface area (TPSA) is 84.8 Å². The number of carbonyl (C=O) groups is 1. The average Bonchev–Trinajstić information content (AvgIpc) is 3.00. The maximum absolute atomic E-state index is 14.0. The van der Waals surface area contributed by atoms with Crippen LogP contribution in [0.3, 0.4) is 0 Å². The Labute approximate surface area is 237 Å². The standard InChI is InChI=1S/C33H41N3O4/c1-22-17-27(13-16-31(22)39-2)24-9-7-23(8-10-24)21-36(32(38)25-11-14-30(37)15-12-25)29-6-4-5-26(18-29)28-19-34-33(40-3)35-20-28/h4-6,13,16-20,23-25,30,37H,7-12,14-15,21H2,1-3H3.